The van der Waals surface area contributed by atoms with Crippen molar-refractivity contribution in [3.05, 3.63) is 0 Å². The maximum absolute atomic E-state index is 11.7. The lowest BCUT2D eigenvalue weighted by molar-refractivity contribution is -0.126. The van der Waals surface area contributed by atoms with Crippen LogP contribution in [0.25, 0.3) is 0 Å². The zero-order valence-corrected chi connectivity index (χ0v) is 11.4. The zero-order valence-electron chi connectivity index (χ0n) is 11.4. The van der Waals surface area contributed by atoms with Gasteiger partial charge in [0, 0.05) is 13.2 Å². The summed E-state index contributed by atoms with van der Waals surface area (Å²) in [6.45, 7) is 12.8. The summed E-state index contributed by atoms with van der Waals surface area (Å²) in [5, 5.41) is 2.83. The molecule has 0 aliphatic rings. The molecule has 0 saturated heterocycles. The summed E-state index contributed by atoms with van der Waals surface area (Å²) in [6, 6.07) is -0.495. The Labute approximate surface area is 98.9 Å². The lowest BCUT2D eigenvalue weighted by Crippen LogP contribution is -2.51. The van der Waals surface area contributed by atoms with Crippen molar-refractivity contribution in [1.82, 2.24) is 5.32 Å². The third-order valence-corrected chi connectivity index (χ3v) is 2.44. The highest BCUT2D eigenvalue weighted by molar-refractivity contribution is 5.82. The first kappa shape index (κ1) is 15.4. The van der Waals surface area contributed by atoms with Crippen LogP contribution in [0.15, 0.2) is 0 Å². The second-order valence-electron chi connectivity index (χ2n) is 5.75. The molecule has 4 heteroatoms. The van der Waals surface area contributed by atoms with Crippen molar-refractivity contribution in [3.63, 3.8) is 0 Å². The molecule has 0 heterocycles. The van der Waals surface area contributed by atoms with Crippen molar-refractivity contribution in [2.45, 2.75) is 53.2 Å². The van der Waals surface area contributed by atoms with Gasteiger partial charge in [0.1, 0.15) is 0 Å². The van der Waals surface area contributed by atoms with Gasteiger partial charge in [-0.15, -0.1) is 0 Å². The van der Waals surface area contributed by atoms with Crippen LogP contribution in [0, 0.1) is 5.41 Å². The third kappa shape index (κ3) is 5.47. The number of rotatable bonds is 5. The lowest BCUT2D eigenvalue weighted by atomic mass is 9.87. The van der Waals surface area contributed by atoms with Gasteiger partial charge in [0.2, 0.25) is 5.91 Å². The molecule has 0 bridgehead atoms. The maximum Gasteiger partial charge on any atom is 0.237 e. The molecule has 0 aliphatic carbocycles. The molecule has 0 spiro atoms. The Morgan fingerprint density at radius 3 is 2.19 bits per heavy atom. The van der Waals surface area contributed by atoms with Crippen LogP contribution in [0.5, 0.6) is 0 Å². The van der Waals surface area contributed by atoms with Gasteiger partial charge < -0.3 is 15.8 Å². The minimum atomic E-state index is -0.495. The van der Waals surface area contributed by atoms with Gasteiger partial charge in [-0.1, -0.05) is 20.8 Å². The van der Waals surface area contributed by atoms with E-state index in [-0.39, 0.29) is 16.9 Å². The van der Waals surface area contributed by atoms with Crippen LogP contribution in [-0.4, -0.2) is 30.7 Å². The first-order valence-electron chi connectivity index (χ1n) is 5.77. The van der Waals surface area contributed by atoms with Gasteiger partial charge in [-0.3, -0.25) is 4.79 Å². The van der Waals surface area contributed by atoms with E-state index in [2.05, 4.69) is 5.32 Å². The van der Waals surface area contributed by atoms with E-state index in [9.17, 15) is 4.79 Å². The Morgan fingerprint density at radius 2 is 1.81 bits per heavy atom. The van der Waals surface area contributed by atoms with E-state index in [0.29, 0.717) is 13.2 Å². The number of carbonyl (C=O) groups is 1. The van der Waals surface area contributed by atoms with Crippen LogP contribution in [0.4, 0.5) is 0 Å². The molecule has 1 amide bonds. The predicted molar refractivity (Wildman–Crippen MR) is 66.1 cm³/mol. The third-order valence-electron chi connectivity index (χ3n) is 2.44. The highest BCUT2D eigenvalue weighted by Crippen LogP contribution is 2.17. The standard InChI is InChI=1S/C12H26N2O2/c1-7-16-12(5,6)8-14-10(15)9(13)11(2,3)4/h9H,7-8,13H2,1-6H3,(H,14,15)/t9-/m1/s1. The average Bonchev–Trinajstić information content (AvgIpc) is 2.11. The van der Waals surface area contributed by atoms with E-state index in [4.69, 9.17) is 10.5 Å². The summed E-state index contributed by atoms with van der Waals surface area (Å²) in [7, 11) is 0. The summed E-state index contributed by atoms with van der Waals surface area (Å²) in [5.74, 6) is -0.125. The van der Waals surface area contributed by atoms with Crippen LogP contribution in [0.3, 0.4) is 0 Å². The second-order valence-corrected chi connectivity index (χ2v) is 5.75. The largest absolute Gasteiger partial charge is 0.374 e. The molecule has 0 unspecified atom stereocenters. The number of nitrogens with one attached hydrogen (secondary N) is 1. The second kappa shape index (κ2) is 5.64. The predicted octanol–water partition coefficient (Wildman–Crippen LogP) is 1.29. The molecule has 0 aromatic heterocycles. The molecular formula is C12H26N2O2. The van der Waals surface area contributed by atoms with E-state index < -0.39 is 6.04 Å². The fourth-order valence-electron chi connectivity index (χ4n) is 1.24. The van der Waals surface area contributed by atoms with Gasteiger partial charge in [0.25, 0.3) is 0 Å². The van der Waals surface area contributed by atoms with Gasteiger partial charge in [-0.25, -0.2) is 0 Å². The van der Waals surface area contributed by atoms with E-state index in [1.807, 2.05) is 41.5 Å². The number of hydrogen-bond donors (Lipinski definition) is 2. The molecule has 96 valence electrons. The molecule has 4 nitrogen and oxygen atoms in total. The highest BCUT2D eigenvalue weighted by Gasteiger charge is 2.28. The first-order valence-corrected chi connectivity index (χ1v) is 5.77. The van der Waals surface area contributed by atoms with Gasteiger partial charge in [-0.05, 0) is 26.2 Å². The van der Waals surface area contributed by atoms with Crippen LogP contribution < -0.4 is 11.1 Å². The van der Waals surface area contributed by atoms with Crippen LogP contribution in [0.1, 0.15) is 41.5 Å². The van der Waals surface area contributed by atoms with Crippen molar-refractivity contribution in [1.29, 1.82) is 0 Å². The molecule has 0 saturated carbocycles. The van der Waals surface area contributed by atoms with Gasteiger partial charge in [0.15, 0.2) is 0 Å². The number of ether oxygens (including phenoxy) is 1. The molecule has 3 N–H and O–H groups in total. The molecule has 0 fully saturated rings. The Balaban J connectivity index is 4.18. The SMILES string of the molecule is CCOC(C)(C)CNC(=O)[C@@H](N)C(C)(C)C. The summed E-state index contributed by atoms with van der Waals surface area (Å²) in [6.07, 6.45) is 0. The van der Waals surface area contributed by atoms with Crippen molar-refractivity contribution in [2.24, 2.45) is 11.1 Å². The highest BCUT2D eigenvalue weighted by atomic mass is 16.5. The van der Waals surface area contributed by atoms with E-state index in [0.717, 1.165) is 0 Å². The van der Waals surface area contributed by atoms with E-state index >= 15 is 0 Å². The maximum atomic E-state index is 11.7. The Hall–Kier alpha value is -0.610. The smallest absolute Gasteiger partial charge is 0.237 e. The summed E-state index contributed by atoms with van der Waals surface area (Å²) in [4.78, 5) is 11.7. The zero-order chi connectivity index (χ0) is 13.0. The molecule has 1 atom stereocenters. The molecule has 0 rings (SSSR count). The monoisotopic (exact) mass is 230 g/mol. The Kier molecular flexibility index (Phi) is 5.42. The topological polar surface area (TPSA) is 64.3 Å². The number of hydrogen-bond acceptors (Lipinski definition) is 3. The number of nitrogens with two attached hydrogens (primary N) is 1. The van der Waals surface area contributed by atoms with Crippen LogP contribution >= 0.6 is 0 Å². The molecule has 0 aromatic rings. The van der Waals surface area contributed by atoms with Gasteiger partial charge >= 0.3 is 0 Å². The minimum absolute atomic E-state index is 0.125. The fourth-order valence-corrected chi connectivity index (χ4v) is 1.24. The molecule has 0 aliphatic heterocycles. The normalized spacial score (nSPS) is 14.7. The molecule has 16 heavy (non-hydrogen) atoms. The van der Waals surface area contributed by atoms with E-state index in [1.165, 1.54) is 0 Å². The van der Waals surface area contributed by atoms with Crippen LogP contribution in [0.2, 0.25) is 0 Å². The molecule has 0 aromatic carbocycles. The van der Waals surface area contributed by atoms with Crippen molar-refractivity contribution in [2.75, 3.05) is 13.2 Å². The minimum Gasteiger partial charge on any atom is -0.374 e. The molecular weight excluding hydrogens is 204 g/mol. The van der Waals surface area contributed by atoms with Crippen molar-refractivity contribution >= 4 is 5.91 Å². The summed E-state index contributed by atoms with van der Waals surface area (Å²) < 4.78 is 5.49. The van der Waals surface area contributed by atoms with Crippen LogP contribution in [-0.2, 0) is 9.53 Å². The summed E-state index contributed by atoms with van der Waals surface area (Å²) in [5.41, 5.74) is 5.28. The average molecular weight is 230 g/mol. The van der Waals surface area contributed by atoms with Crippen molar-refractivity contribution < 1.29 is 9.53 Å². The van der Waals surface area contributed by atoms with Crippen molar-refractivity contribution in [3.8, 4) is 0 Å². The van der Waals surface area contributed by atoms with E-state index in [1.54, 1.807) is 0 Å². The Bertz CT molecular complexity index is 232. The van der Waals surface area contributed by atoms with Gasteiger partial charge in [-0.2, -0.15) is 0 Å². The number of amides is 1. The molecule has 0 radical (unpaired) electrons. The quantitative estimate of drug-likeness (QED) is 0.748. The van der Waals surface area contributed by atoms with Gasteiger partial charge in [0.05, 0.1) is 11.6 Å². The Morgan fingerprint density at radius 1 is 1.31 bits per heavy atom. The number of carbonyl (C=O) groups excluding carboxylic acids is 1. The lowest BCUT2D eigenvalue weighted by Gasteiger charge is -2.29. The summed E-state index contributed by atoms with van der Waals surface area (Å²) >= 11 is 0. The first-order chi connectivity index (χ1) is 7.10. The fraction of sp³-hybridized carbons (Fsp3) is 0.917.